The van der Waals surface area contributed by atoms with Gasteiger partial charge in [-0.25, -0.2) is 8.78 Å². The zero-order chi connectivity index (χ0) is 14.7. The smallest absolute Gasteiger partial charge is 0.221 e. The number of benzene rings is 2. The standard InChI is InChI=1S/C16H15F2NO/c1-10(16(19)20)15(11-4-2-6-13(17)8-11)12-5-3-7-14(18)9-12/h2-10,15H,1H3,(H2,19,20)/t10-/m0/s1. The average molecular weight is 275 g/mol. The van der Waals surface area contributed by atoms with Crippen LogP contribution in [0.1, 0.15) is 24.0 Å². The molecule has 104 valence electrons. The zero-order valence-corrected chi connectivity index (χ0v) is 11.0. The Morgan fingerprint density at radius 2 is 1.45 bits per heavy atom. The average Bonchev–Trinajstić information content (AvgIpc) is 2.39. The molecular weight excluding hydrogens is 260 g/mol. The van der Waals surface area contributed by atoms with E-state index in [1.54, 1.807) is 31.2 Å². The van der Waals surface area contributed by atoms with Gasteiger partial charge in [-0.2, -0.15) is 0 Å². The minimum atomic E-state index is -0.571. The maximum absolute atomic E-state index is 13.4. The monoisotopic (exact) mass is 275 g/mol. The van der Waals surface area contributed by atoms with Crippen LogP contribution in [0.3, 0.4) is 0 Å². The van der Waals surface area contributed by atoms with Crippen molar-refractivity contribution < 1.29 is 13.6 Å². The second-order valence-electron chi connectivity index (χ2n) is 4.78. The Morgan fingerprint density at radius 3 is 1.80 bits per heavy atom. The van der Waals surface area contributed by atoms with E-state index in [4.69, 9.17) is 5.73 Å². The molecule has 20 heavy (non-hydrogen) atoms. The molecule has 1 atom stereocenters. The van der Waals surface area contributed by atoms with Crippen LogP contribution in [0.2, 0.25) is 0 Å². The Kier molecular flexibility index (Phi) is 4.13. The van der Waals surface area contributed by atoms with Gasteiger partial charge in [-0.3, -0.25) is 4.79 Å². The molecule has 0 aliphatic carbocycles. The number of hydrogen-bond acceptors (Lipinski definition) is 1. The maximum Gasteiger partial charge on any atom is 0.221 e. The van der Waals surface area contributed by atoms with Gasteiger partial charge in [0, 0.05) is 11.8 Å². The summed E-state index contributed by atoms with van der Waals surface area (Å²) in [5.74, 6) is -2.36. The second kappa shape index (κ2) is 5.82. The van der Waals surface area contributed by atoms with Crippen LogP contribution in [-0.4, -0.2) is 5.91 Å². The maximum atomic E-state index is 13.4. The first-order valence-corrected chi connectivity index (χ1v) is 6.29. The van der Waals surface area contributed by atoms with E-state index in [1.165, 1.54) is 24.3 Å². The van der Waals surface area contributed by atoms with E-state index in [-0.39, 0.29) is 0 Å². The van der Waals surface area contributed by atoms with Gasteiger partial charge < -0.3 is 5.73 Å². The molecule has 0 bridgehead atoms. The summed E-state index contributed by atoms with van der Waals surface area (Å²) in [5, 5.41) is 0. The topological polar surface area (TPSA) is 43.1 Å². The van der Waals surface area contributed by atoms with E-state index in [0.29, 0.717) is 11.1 Å². The molecule has 0 fully saturated rings. The van der Waals surface area contributed by atoms with Crippen molar-refractivity contribution >= 4 is 5.91 Å². The van der Waals surface area contributed by atoms with Crippen molar-refractivity contribution in [3.63, 3.8) is 0 Å². The van der Waals surface area contributed by atoms with Crippen LogP contribution < -0.4 is 5.73 Å². The van der Waals surface area contributed by atoms with E-state index in [9.17, 15) is 13.6 Å². The molecule has 1 amide bonds. The van der Waals surface area contributed by atoms with Crippen molar-refractivity contribution in [1.29, 1.82) is 0 Å². The lowest BCUT2D eigenvalue weighted by atomic mass is 9.81. The van der Waals surface area contributed by atoms with Gasteiger partial charge in [0.05, 0.1) is 0 Å². The fourth-order valence-corrected chi connectivity index (χ4v) is 2.33. The van der Waals surface area contributed by atoms with Crippen LogP contribution in [-0.2, 0) is 4.79 Å². The highest BCUT2D eigenvalue weighted by Crippen LogP contribution is 2.32. The summed E-state index contributed by atoms with van der Waals surface area (Å²) >= 11 is 0. The minimum Gasteiger partial charge on any atom is -0.369 e. The Morgan fingerprint density at radius 1 is 1.00 bits per heavy atom. The number of halogens is 2. The molecule has 4 heteroatoms. The predicted octanol–water partition coefficient (Wildman–Crippen LogP) is 3.22. The molecule has 2 rings (SSSR count). The third kappa shape index (κ3) is 3.02. The van der Waals surface area contributed by atoms with E-state index in [0.717, 1.165) is 0 Å². The van der Waals surface area contributed by atoms with Crippen molar-refractivity contribution in [1.82, 2.24) is 0 Å². The summed E-state index contributed by atoms with van der Waals surface area (Å²) in [6.07, 6.45) is 0. The van der Waals surface area contributed by atoms with Gasteiger partial charge in [-0.15, -0.1) is 0 Å². The number of carbonyl (C=O) groups excluding carboxylic acids is 1. The van der Waals surface area contributed by atoms with Crippen molar-refractivity contribution in [2.45, 2.75) is 12.8 Å². The summed E-state index contributed by atoms with van der Waals surface area (Å²) in [4.78, 5) is 11.5. The van der Waals surface area contributed by atoms with Gasteiger partial charge in [-0.1, -0.05) is 31.2 Å². The van der Waals surface area contributed by atoms with Crippen molar-refractivity contribution in [3.05, 3.63) is 71.3 Å². The molecule has 0 aromatic heterocycles. The zero-order valence-electron chi connectivity index (χ0n) is 11.0. The number of rotatable bonds is 4. The van der Waals surface area contributed by atoms with Crippen LogP contribution in [0.25, 0.3) is 0 Å². The Labute approximate surface area is 116 Å². The molecule has 0 saturated carbocycles. The third-order valence-electron chi connectivity index (χ3n) is 3.36. The van der Waals surface area contributed by atoms with Gasteiger partial charge in [0.25, 0.3) is 0 Å². The first-order chi connectivity index (χ1) is 9.49. The third-order valence-corrected chi connectivity index (χ3v) is 3.36. The van der Waals surface area contributed by atoms with Crippen LogP contribution in [0.15, 0.2) is 48.5 Å². The highest BCUT2D eigenvalue weighted by atomic mass is 19.1. The number of primary amides is 1. The summed E-state index contributed by atoms with van der Waals surface area (Å²) in [6.45, 7) is 1.66. The van der Waals surface area contributed by atoms with Gasteiger partial charge in [0.1, 0.15) is 11.6 Å². The van der Waals surface area contributed by atoms with Crippen molar-refractivity contribution in [3.8, 4) is 0 Å². The molecule has 0 heterocycles. The molecule has 0 unspecified atom stereocenters. The van der Waals surface area contributed by atoms with E-state index in [1.807, 2.05) is 0 Å². The van der Waals surface area contributed by atoms with Crippen LogP contribution in [0.4, 0.5) is 8.78 Å². The fraction of sp³-hybridized carbons (Fsp3) is 0.188. The normalized spacial score (nSPS) is 12.4. The van der Waals surface area contributed by atoms with E-state index >= 15 is 0 Å². The summed E-state index contributed by atoms with van der Waals surface area (Å²) in [6, 6.07) is 11.9. The number of nitrogens with two attached hydrogens (primary N) is 1. The van der Waals surface area contributed by atoms with Gasteiger partial charge in [0.2, 0.25) is 5.91 Å². The molecule has 2 aromatic rings. The number of carbonyl (C=O) groups is 1. The molecule has 0 spiro atoms. The van der Waals surface area contributed by atoms with Crippen molar-refractivity contribution in [2.75, 3.05) is 0 Å². The molecule has 0 aliphatic heterocycles. The lowest BCUT2D eigenvalue weighted by Crippen LogP contribution is -2.27. The molecule has 2 N–H and O–H groups in total. The SMILES string of the molecule is C[C@H](C(N)=O)C(c1cccc(F)c1)c1cccc(F)c1. The Bertz CT molecular complexity index is 582. The van der Waals surface area contributed by atoms with Crippen LogP contribution >= 0.6 is 0 Å². The van der Waals surface area contributed by atoms with E-state index in [2.05, 4.69) is 0 Å². The fourth-order valence-electron chi connectivity index (χ4n) is 2.33. The van der Waals surface area contributed by atoms with Crippen molar-refractivity contribution in [2.24, 2.45) is 11.7 Å². The number of hydrogen-bond donors (Lipinski definition) is 1. The van der Waals surface area contributed by atoms with Gasteiger partial charge >= 0.3 is 0 Å². The first kappa shape index (κ1) is 14.2. The number of amides is 1. The summed E-state index contributed by atoms with van der Waals surface area (Å²) in [5.41, 5.74) is 6.56. The molecular formula is C16H15F2NO. The minimum absolute atomic E-state index is 0.402. The van der Waals surface area contributed by atoms with E-state index < -0.39 is 29.4 Å². The molecule has 0 aliphatic rings. The van der Waals surface area contributed by atoms with Gasteiger partial charge in [-0.05, 0) is 35.4 Å². The Balaban J connectivity index is 2.53. The first-order valence-electron chi connectivity index (χ1n) is 6.29. The highest BCUT2D eigenvalue weighted by molar-refractivity contribution is 5.78. The summed E-state index contributed by atoms with van der Waals surface area (Å²) < 4.78 is 26.8. The lowest BCUT2D eigenvalue weighted by molar-refractivity contribution is -0.121. The molecule has 0 radical (unpaired) electrons. The lowest BCUT2D eigenvalue weighted by Gasteiger charge is -2.23. The molecule has 0 saturated heterocycles. The predicted molar refractivity (Wildman–Crippen MR) is 73.0 cm³/mol. The highest BCUT2D eigenvalue weighted by Gasteiger charge is 2.26. The second-order valence-corrected chi connectivity index (χ2v) is 4.78. The van der Waals surface area contributed by atoms with Crippen LogP contribution in [0, 0.1) is 17.6 Å². The molecule has 2 aromatic carbocycles. The molecule has 2 nitrogen and oxygen atoms in total. The quantitative estimate of drug-likeness (QED) is 0.914. The Hall–Kier alpha value is -2.23. The summed E-state index contributed by atoms with van der Waals surface area (Å²) in [7, 11) is 0. The van der Waals surface area contributed by atoms with Crippen LogP contribution in [0.5, 0.6) is 0 Å². The largest absolute Gasteiger partial charge is 0.369 e. The van der Waals surface area contributed by atoms with Gasteiger partial charge in [0.15, 0.2) is 0 Å².